The second kappa shape index (κ2) is 7.32. The van der Waals surface area contributed by atoms with Crippen LogP contribution in [0, 0.1) is 0 Å². The van der Waals surface area contributed by atoms with E-state index in [0.717, 1.165) is 12.1 Å². The number of hydrogen-bond donors (Lipinski definition) is 1. The lowest BCUT2D eigenvalue weighted by Crippen LogP contribution is -2.31. The number of alkyl halides is 3. The highest BCUT2D eigenvalue weighted by Gasteiger charge is 2.34. The summed E-state index contributed by atoms with van der Waals surface area (Å²) in [6, 6.07) is 9.43. The van der Waals surface area contributed by atoms with E-state index in [1.807, 2.05) is 0 Å². The Hall–Kier alpha value is -1.92. The number of nitrogens with one attached hydrogen (secondary N) is 1. The van der Waals surface area contributed by atoms with Crippen LogP contribution in [0.4, 0.5) is 18.9 Å². The van der Waals surface area contributed by atoms with Gasteiger partial charge in [-0.15, -0.1) is 0 Å². The van der Waals surface area contributed by atoms with Crippen LogP contribution < -0.4 is 10.1 Å². The van der Waals surface area contributed by atoms with Gasteiger partial charge < -0.3 is 10.1 Å². The van der Waals surface area contributed by atoms with E-state index in [9.17, 15) is 18.0 Å². The highest BCUT2D eigenvalue weighted by atomic mass is 35.5. The van der Waals surface area contributed by atoms with Crippen molar-refractivity contribution in [3.63, 3.8) is 0 Å². The molecule has 2 aromatic rings. The molecule has 0 saturated heterocycles. The van der Waals surface area contributed by atoms with Crippen molar-refractivity contribution in [1.82, 2.24) is 0 Å². The standard InChI is InChI=1S/C16H12Cl2F3NO2/c1-9(24-12-4-2-3-10(17)7-12)15(23)22-14-6-5-11(18)8-13(14)16(19,20)21/h2-9H,1H3,(H,22,23)/t9-/m0/s1. The topological polar surface area (TPSA) is 38.3 Å². The summed E-state index contributed by atoms with van der Waals surface area (Å²) in [5.41, 5.74) is -1.42. The van der Waals surface area contributed by atoms with Crippen molar-refractivity contribution in [3.05, 3.63) is 58.1 Å². The summed E-state index contributed by atoms with van der Waals surface area (Å²) in [6.07, 6.45) is -5.68. The molecular formula is C16H12Cl2F3NO2. The van der Waals surface area contributed by atoms with Crippen LogP contribution in [0.15, 0.2) is 42.5 Å². The van der Waals surface area contributed by atoms with Crippen molar-refractivity contribution in [3.8, 4) is 5.75 Å². The Morgan fingerprint density at radius 1 is 1.12 bits per heavy atom. The second-order valence-corrected chi connectivity index (χ2v) is 5.77. The van der Waals surface area contributed by atoms with Crippen molar-refractivity contribution >= 4 is 34.8 Å². The van der Waals surface area contributed by atoms with Gasteiger partial charge in [0, 0.05) is 10.0 Å². The van der Waals surface area contributed by atoms with E-state index in [0.29, 0.717) is 10.8 Å². The Bertz CT molecular complexity index is 750. The van der Waals surface area contributed by atoms with Gasteiger partial charge in [0.15, 0.2) is 6.10 Å². The van der Waals surface area contributed by atoms with Gasteiger partial charge in [-0.2, -0.15) is 13.2 Å². The molecule has 0 unspecified atom stereocenters. The Morgan fingerprint density at radius 2 is 1.79 bits per heavy atom. The average molecular weight is 378 g/mol. The highest BCUT2D eigenvalue weighted by molar-refractivity contribution is 6.31. The van der Waals surface area contributed by atoms with Crippen molar-refractivity contribution in [2.75, 3.05) is 5.32 Å². The molecule has 1 atom stereocenters. The third kappa shape index (κ3) is 4.79. The lowest BCUT2D eigenvalue weighted by Gasteiger charge is -2.18. The molecule has 0 aliphatic heterocycles. The summed E-state index contributed by atoms with van der Waals surface area (Å²) in [4.78, 5) is 12.1. The second-order valence-electron chi connectivity index (χ2n) is 4.89. The van der Waals surface area contributed by atoms with E-state index in [-0.39, 0.29) is 5.02 Å². The highest BCUT2D eigenvalue weighted by Crippen LogP contribution is 2.36. The molecule has 128 valence electrons. The molecule has 0 fully saturated rings. The average Bonchev–Trinajstić information content (AvgIpc) is 2.48. The van der Waals surface area contributed by atoms with Gasteiger partial charge in [0.1, 0.15) is 5.75 Å². The summed E-state index contributed by atoms with van der Waals surface area (Å²) in [6.45, 7) is 1.42. The minimum atomic E-state index is -4.65. The smallest absolute Gasteiger partial charge is 0.418 e. The van der Waals surface area contributed by atoms with Gasteiger partial charge >= 0.3 is 6.18 Å². The molecule has 1 N–H and O–H groups in total. The van der Waals surface area contributed by atoms with Crippen molar-refractivity contribution < 1.29 is 22.7 Å². The first kappa shape index (κ1) is 18.4. The summed E-state index contributed by atoms with van der Waals surface area (Å²) < 4.78 is 44.4. The quantitative estimate of drug-likeness (QED) is 0.772. The first-order chi connectivity index (χ1) is 11.2. The minimum Gasteiger partial charge on any atom is -0.481 e. The number of halogens is 5. The van der Waals surface area contributed by atoms with E-state index < -0.39 is 29.4 Å². The maximum absolute atomic E-state index is 13.0. The van der Waals surface area contributed by atoms with Crippen LogP contribution in [-0.4, -0.2) is 12.0 Å². The van der Waals surface area contributed by atoms with Gasteiger partial charge in [-0.1, -0.05) is 29.3 Å². The number of amides is 1. The molecule has 2 rings (SSSR count). The number of rotatable bonds is 4. The van der Waals surface area contributed by atoms with Crippen molar-refractivity contribution in [2.24, 2.45) is 0 Å². The number of carbonyl (C=O) groups is 1. The molecule has 8 heteroatoms. The maximum Gasteiger partial charge on any atom is 0.418 e. The number of hydrogen-bond acceptors (Lipinski definition) is 2. The van der Waals surface area contributed by atoms with E-state index >= 15 is 0 Å². The normalized spacial score (nSPS) is 12.6. The number of carbonyl (C=O) groups excluding carboxylic acids is 1. The van der Waals surface area contributed by atoms with Crippen molar-refractivity contribution in [1.29, 1.82) is 0 Å². The van der Waals surface area contributed by atoms with E-state index in [2.05, 4.69) is 5.32 Å². The lowest BCUT2D eigenvalue weighted by atomic mass is 10.1. The number of anilines is 1. The molecule has 0 aliphatic rings. The van der Waals surface area contributed by atoms with Gasteiger partial charge in [-0.25, -0.2) is 0 Å². The Balaban J connectivity index is 2.14. The lowest BCUT2D eigenvalue weighted by molar-refractivity contribution is -0.137. The third-order valence-electron chi connectivity index (χ3n) is 3.02. The molecule has 0 radical (unpaired) electrons. The van der Waals surface area contributed by atoms with Crippen LogP contribution in [0.1, 0.15) is 12.5 Å². The van der Waals surface area contributed by atoms with Crippen LogP contribution in [0.5, 0.6) is 5.75 Å². The van der Waals surface area contributed by atoms with Gasteiger partial charge in [-0.05, 0) is 43.3 Å². The van der Waals surface area contributed by atoms with Crippen LogP contribution in [0.25, 0.3) is 0 Å². The summed E-state index contributed by atoms with van der Waals surface area (Å²) >= 11 is 11.4. The number of ether oxygens (including phenoxy) is 1. The fourth-order valence-corrected chi connectivity index (χ4v) is 2.24. The van der Waals surface area contributed by atoms with Crippen LogP contribution in [0.3, 0.4) is 0 Å². The SMILES string of the molecule is C[C@H](Oc1cccc(Cl)c1)C(=O)Nc1ccc(Cl)cc1C(F)(F)F. The third-order valence-corrected chi connectivity index (χ3v) is 3.49. The summed E-state index contributed by atoms with van der Waals surface area (Å²) in [5, 5.41) is 2.54. The van der Waals surface area contributed by atoms with Crippen LogP contribution in [-0.2, 0) is 11.0 Å². The Labute approximate surface area is 146 Å². The molecule has 2 aromatic carbocycles. The predicted molar refractivity (Wildman–Crippen MR) is 86.6 cm³/mol. The minimum absolute atomic E-state index is 0.0800. The molecule has 0 heterocycles. The summed E-state index contributed by atoms with van der Waals surface area (Å²) in [5.74, 6) is -0.403. The molecular weight excluding hydrogens is 366 g/mol. The monoisotopic (exact) mass is 377 g/mol. The van der Waals surface area contributed by atoms with Gasteiger partial charge in [0.2, 0.25) is 0 Å². The fraction of sp³-hybridized carbons (Fsp3) is 0.188. The van der Waals surface area contributed by atoms with Gasteiger partial charge in [0.05, 0.1) is 11.3 Å². The molecule has 0 spiro atoms. The van der Waals surface area contributed by atoms with Crippen LogP contribution in [0.2, 0.25) is 10.0 Å². The zero-order chi connectivity index (χ0) is 17.9. The zero-order valence-electron chi connectivity index (χ0n) is 12.3. The predicted octanol–water partition coefficient (Wildman–Crippen LogP) is 5.42. The molecule has 0 aromatic heterocycles. The van der Waals surface area contributed by atoms with Crippen molar-refractivity contribution in [2.45, 2.75) is 19.2 Å². The van der Waals surface area contributed by atoms with E-state index in [1.54, 1.807) is 18.2 Å². The molecule has 24 heavy (non-hydrogen) atoms. The largest absolute Gasteiger partial charge is 0.481 e. The Kier molecular flexibility index (Phi) is 5.62. The van der Waals surface area contributed by atoms with E-state index in [1.165, 1.54) is 19.1 Å². The Morgan fingerprint density at radius 3 is 2.42 bits per heavy atom. The molecule has 3 nitrogen and oxygen atoms in total. The first-order valence-electron chi connectivity index (χ1n) is 6.76. The molecule has 1 amide bonds. The zero-order valence-corrected chi connectivity index (χ0v) is 13.8. The summed E-state index contributed by atoms with van der Waals surface area (Å²) in [7, 11) is 0. The van der Waals surface area contributed by atoms with E-state index in [4.69, 9.17) is 27.9 Å². The first-order valence-corrected chi connectivity index (χ1v) is 7.52. The maximum atomic E-state index is 13.0. The van der Waals surface area contributed by atoms with Crippen LogP contribution >= 0.6 is 23.2 Å². The molecule has 0 saturated carbocycles. The molecule has 0 bridgehead atoms. The number of benzene rings is 2. The van der Waals surface area contributed by atoms with Gasteiger partial charge in [0.25, 0.3) is 5.91 Å². The fourth-order valence-electron chi connectivity index (χ4n) is 1.89. The molecule has 0 aliphatic carbocycles. The van der Waals surface area contributed by atoms with Gasteiger partial charge in [-0.3, -0.25) is 4.79 Å².